The third-order valence-electron chi connectivity index (χ3n) is 3.41. The van der Waals surface area contributed by atoms with Crippen LogP contribution < -0.4 is 5.32 Å². The van der Waals surface area contributed by atoms with E-state index in [2.05, 4.69) is 79.8 Å². The molecular formula is C23H31N. The summed E-state index contributed by atoms with van der Waals surface area (Å²) in [6.45, 7) is 8.25. The number of benzene rings is 3. The Morgan fingerprint density at radius 2 is 0.958 bits per heavy atom. The van der Waals surface area contributed by atoms with Gasteiger partial charge in [-0.1, -0.05) is 94.8 Å². The molecule has 0 spiro atoms. The first-order chi connectivity index (χ1) is 11.8. The van der Waals surface area contributed by atoms with Crippen molar-refractivity contribution in [3.63, 3.8) is 0 Å². The summed E-state index contributed by atoms with van der Waals surface area (Å²) in [7, 11) is 3.75. The van der Waals surface area contributed by atoms with E-state index in [0.717, 1.165) is 0 Å². The second-order valence-corrected chi connectivity index (χ2v) is 5.46. The van der Waals surface area contributed by atoms with Gasteiger partial charge >= 0.3 is 0 Å². The highest BCUT2D eigenvalue weighted by Gasteiger charge is 2.19. The average molecular weight is 322 g/mol. The van der Waals surface area contributed by atoms with Gasteiger partial charge in [0.25, 0.3) is 0 Å². The molecule has 0 fully saturated rings. The van der Waals surface area contributed by atoms with E-state index in [1.54, 1.807) is 0 Å². The van der Waals surface area contributed by atoms with Crippen LogP contribution in [0.25, 0.3) is 33.0 Å². The van der Waals surface area contributed by atoms with E-state index in [4.69, 9.17) is 0 Å². The van der Waals surface area contributed by atoms with Crippen molar-refractivity contribution >= 4 is 10.8 Å². The molecule has 0 bridgehead atoms. The van der Waals surface area contributed by atoms with Crippen LogP contribution in [0.15, 0.2) is 60.7 Å². The molecule has 0 saturated carbocycles. The van der Waals surface area contributed by atoms with Crippen molar-refractivity contribution in [1.82, 2.24) is 5.32 Å². The molecule has 0 saturated heterocycles. The van der Waals surface area contributed by atoms with E-state index in [9.17, 15) is 0 Å². The van der Waals surface area contributed by atoms with Gasteiger partial charge in [0.2, 0.25) is 0 Å². The summed E-state index contributed by atoms with van der Waals surface area (Å²) >= 11 is 0. The number of nitrogens with one attached hydrogen (secondary N) is 1. The third-order valence-corrected chi connectivity index (χ3v) is 3.41. The highest BCUT2D eigenvalue weighted by molar-refractivity contribution is 6.15. The van der Waals surface area contributed by atoms with Crippen LogP contribution in [0.3, 0.4) is 0 Å². The van der Waals surface area contributed by atoms with Gasteiger partial charge < -0.3 is 5.32 Å². The highest BCUT2D eigenvalue weighted by Crippen LogP contribution is 2.46. The molecule has 0 aromatic heterocycles. The zero-order valence-electron chi connectivity index (χ0n) is 16.0. The van der Waals surface area contributed by atoms with Gasteiger partial charge in [-0.2, -0.15) is 0 Å². The summed E-state index contributed by atoms with van der Waals surface area (Å²) in [5, 5.41) is 5.50. The smallest absolute Gasteiger partial charge is 0.00264 e. The van der Waals surface area contributed by atoms with Crippen LogP contribution in [0, 0.1) is 0 Å². The first-order valence-corrected chi connectivity index (χ1v) is 8.98. The van der Waals surface area contributed by atoms with E-state index >= 15 is 0 Å². The molecule has 3 aromatic rings. The summed E-state index contributed by atoms with van der Waals surface area (Å²) < 4.78 is 0. The Hall–Kier alpha value is -2.12. The number of rotatable bonds is 0. The standard InChI is InChI=1S/C16H10.C3H8.C2H7N.C2H6/c1-2-8-13-12(7-1)14-9-3-5-11-6-4-10-15(13)16(11)14;2*1-3-2;1-2/h1-10H;3H2,1-2H3;3H,1-2H3;1-2H3. The Morgan fingerprint density at radius 1 is 0.625 bits per heavy atom. The SMILES string of the molecule is CC.CCC.CNC.c1ccc2c(c1)-c1cccc3cccc-2c13. The van der Waals surface area contributed by atoms with Crippen molar-refractivity contribution in [3.8, 4) is 22.3 Å². The topological polar surface area (TPSA) is 12.0 Å². The van der Waals surface area contributed by atoms with Crippen molar-refractivity contribution < 1.29 is 0 Å². The van der Waals surface area contributed by atoms with Crippen LogP contribution in [0.4, 0.5) is 0 Å². The summed E-state index contributed by atoms with van der Waals surface area (Å²) in [6, 6.07) is 21.8. The lowest BCUT2D eigenvalue weighted by atomic mass is 10.0. The fourth-order valence-electron chi connectivity index (χ4n) is 2.74. The Morgan fingerprint density at radius 3 is 1.33 bits per heavy atom. The molecule has 0 unspecified atom stereocenters. The fourth-order valence-corrected chi connectivity index (χ4v) is 2.74. The van der Waals surface area contributed by atoms with Crippen LogP contribution in [-0.2, 0) is 0 Å². The van der Waals surface area contributed by atoms with Gasteiger partial charge in [-0.3, -0.25) is 0 Å². The van der Waals surface area contributed by atoms with Crippen LogP contribution in [0.2, 0.25) is 0 Å². The molecule has 3 aromatic carbocycles. The van der Waals surface area contributed by atoms with Gasteiger partial charge in [-0.05, 0) is 47.1 Å². The van der Waals surface area contributed by atoms with Gasteiger partial charge in [-0.15, -0.1) is 0 Å². The van der Waals surface area contributed by atoms with E-state index in [1.807, 2.05) is 27.9 Å². The van der Waals surface area contributed by atoms with Gasteiger partial charge in [0.05, 0.1) is 0 Å². The molecule has 0 amide bonds. The highest BCUT2D eigenvalue weighted by atomic mass is 14.7. The summed E-state index contributed by atoms with van der Waals surface area (Å²) in [6.07, 6.45) is 1.25. The second-order valence-electron chi connectivity index (χ2n) is 5.46. The lowest BCUT2D eigenvalue weighted by Crippen LogP contribution is -1.89. The van der Waals surface area contributed by atoms with E-state index in [1.165, 1.54) is 39.4 Å². The van der Waals surface area contributed by atoms with E-state index < -0.39 is 0 Å². The molecule has 0 atom stereocenters. The van der Waals surface area contributed by atoms with Crippen LogP contribution in [-0.4, -0.2) is 14.1 Å². The van der Waals surface area contributed by atoms with Crippen molar-refractivity contribution in [3.05, 3.63) is 60.7 Å². The monoisotopic (exact) mass is 321 g/mol. The molecule has 1 aliphatic rings. The van der Waals surface area contributed by atoms with Crippen LogP contribution >= 0.6 is 0 Å². The minimum absolute atomic E-state index is 1.25. The van der Waals surface area contributed by atoms with E-state index in [0.29, 0.717) is 0 Å². The first-order valence-electron chi connectivity index (χ1n) is 8.98. The predicted molar refractivity (Wildman–Crippen MR) is 111 cm³/mol. The van der Waals surface area contributed by atoms with Crippen LogP contribution in [0.1, 0.15) is 34.1 Å². The summed E-state index contributed by atoms with van der Waals surface area (Å²) in [5.74, 6) is 0. The molecule has 1 nitrogen and oxygen atoms in total. The molecule has 0 aliphatic heterocycles. The van der Waals surface area contributed by atoms with Gasteiger partial charge in [0, 0.05) is 0 Å². The molecule has 4 rings (SSSR count). The van der Waals surface area contributed by atoms with Crippen LogP contribution in [0.5, 0.6) is 0 Å². The number of fused-ring (bicyclic) bond motifs is 3. The zero-order chi connectivity index (χ0) is 17.9. The maximum atomic E-state index is 2.75. The molecule has 1 N–H and O–H groups in total. The molecule has 1 aliphatic carbocycles. The quantitative estimate of drug-likeness (QED) is 0.377. The van der Waals surface area contributed by atoms with Gasteiger partial charge in [0.15, 0.2) is 0 Å². The molecule has 24 heavy (non-hydrogen) atoms. The molecular weight excluding hydrogens is 290 g/mol. The zero-order valence-corrected chi connectivity index (χ0v) is 16.0. The molecule has 128 valence electrons. The fraction of sp³-hybridized carbons (Fsp3) is 0.304. The number of hydrogen-bond acceptors (Lipinski definition) is 1. The summed E-state index contributed by atoms with van der Waals surface area (Å²) in [5.41, 5.74) is 5.50. The Bertz CT molecular complexity index is 684. The third kappa shape index (κ3) is 4.24. The first kappa shape index (κ1) is 19.9. The largest absolute Gasteiger partial charge is 0.323 e. The molecule has 0 radical (unpaired) electrons. The minimum Gasteiger partial charge on any atom is -0.323 e. The van der Waals surface area contributed by atoms with Crippen molar-refractivity contribution in [2.75, 3.05) is 14.1 Å². The molecule has 0 heterocycles. The maximum Gasteiger partial charge on any atom is -0.00264 e. The van der Waals surface area contributed by atoms with Crippen molar-refractivity contribution in [2.45, 2.75) is 34.1 Å². The lowest BCUT2D eigenvalue weighted by Gasteiger charge is -2.00. The lowest BCUT2D eigenvalue weighted by molar-refractivity contribution is 1.02. The normalized spacial score (nSPS) is 9.58. The number of hydrogen-bond donors (Lipinski definition) is 1. The van der Waals surface area contributed by atoms with Crippen molar-refractivity contribution in [2.24, 2.45) is 0 Å². The van der Waals surface area contributed by atoms with Gasteiger partial charge in [-0.25, -0.2) is 0 Å². The Kier molecular flexibility index (Phi) is 8.81. The maximum absolute atomic E-state index is 2.75. The Balaban J connectivity index is 0.000000313. The summed E-state index contributed by atoms with van der Waals surface area (Å²) in [4.78, 5) is 0. The average Bonchev–Trinajstić information content (AvgIpc) is 2.95. The second kappa shape index (κ2) is 10.6. The predicted octanol–water partition coefficient (Wildman–Crippen LogP) is 6.77. The molecule has 1 heteroatoms. The Labute approximate surface area is 147 Å². The minimum atomic E-state index is 1.25. The van der Waals surface area contributed by atoms with E-state index in [-0.39, 0.29) is 0 Å². The van der Waals surface area contributed by atoms with Gasteiger partial charge in [0.1, 0.15) is 0 Å². The van der Waals surface area contributed by atoms with Crippen molar-refractivity contribution in [1.29, 1.82) is 0 Å².